The lowest BCUT2D eigenvalue weighted by molar-refractivity contribution is -0.142. The van der Waals surface area contributed by atoms with Gasteiger partial charge >= 0.3 is 5.97 Å². The summed E-state index contributed by atoms with van der Waals surface area (Å²) in [5.41, 5.74) is 1.90. The Balaban J connectivity index is 2.34. The van der Waals surface area contributed by atoms with Crippen molar-refractivity contribution in [1.29, 1.82) is 0 Å². The zero-order chi connectivity index (χ0) is 13.8. The molecule has 0 aliphatic rings. The predicted molar refractivity (Wildman–Crippen MR) is 69.9 cm³/mol. The van der Waals surface area contributed by atoms with E-state index < -0.39 is 0 Å². The fraction of sp³-hybridized carbons (Fsp3) is 0.286. The van der Waals surface area contributed by atoms with Crippen LogP contribution in [-0.4, -0.2) is 25.5 Å². The van der Waals surface area contributed by atoms with E-state index in [9.17, 15) is 9.59 Å². The molecule has 0 saturated carbocycles. The molecule has 0 fully saturated rings. The van der Waals surface area contributed by atoms with Crippen LogP contribution in [0.2, 0.25) is 0 Å². The van der Waals surface area contributed by atoms with Crippen LogP contribution in [0.4, 0.5) is 0 Å². The first kappa shape index (κ1) is 13.1. The Kier molecular flexibility index (Phi) is 3.85. The number of rotatable bonds is 4. The number of nitrogens with one attached hydrogen (secondary N) is 1. The molecule has 1 N–H and O–H groups in total. The molecule has 0 bridgehead atoms. The summed E-state index contributed by atoms with van der Waals surface area (Å²) < 4.78 is 10.3. The fourth-order valence-electron chi connectivity index (χ4n) is 1.87. The summed E-state index contributed by atoms with van der Waals surface area (Å²) >= 11 is 0. The van der Waals surface area contributed by atoms with Gasteiger partial charge in [0.05, 0.1) is 19.3 Å². The number of carbonyl (C=O) groups is 2. The van der Waals surface area contributed by atoms with Gasteiger partial charge in [0, 0.05) is 23.6 Å². The molecule has 0 saturated heterocycles. The summed E-state index contributed by atoms with van der Waals surface area (Å²) in [4.78, 5) is 23.1. The summed E-state index contributed by atoms with van der Waals surface area (Å²) in [6, 6.07) is 5.11. The molecule has 5 heteroatoms. The van der Waals surface area contributed by atoms with E-state index in [1.807, 2.05) is 0 Å². The molecule has 0 aliphatic heterocycles. The number of hydrogen-bond donors (Lipinski definition) is 1. The van der Waals surface area contributed by atoms with Gasteiger partial charge in [-0.1, -0.05) is 0 Å². The van der Waals surface area contributed by atoms with Crippen molar-refractivity contribution in [3.63, 3.8) is 0 Å². The molecule has 0 atom stereocenters. The van der Waals surface area contributed by atoms with Gasteiger partial charge in [0.1, 0.15) is 5.58 Å². The van der Waals surface area contributed by atoms with Gasteiger partial charge in [-0.15, -0.1) is 0 Å². The number of esters is 1. The maximum Gasteiger partial charge on any atom is 0.310 e. The zero-order valence-electron chi connectivity index (χ0n) is 10.9. The van der Waals surface area contributed by atoms with Crippen molar-refractivity contribution in [2.45, 2.75) is 13.3 Å². The van der Waals surface area contributed by atoms with Crippen molar-refractivity contribution in [1.82, 2.24) is 5.32 Å². The van der Waals surface area contributed by atoms with Crippen LogP contribution in [0.3, 0.4) is 0 Å². The number of benzene rings is 1. The van der Waals surface area contributed by atoms with Crippen LogP contribution >= 0.6 is 0 Å². The summed E-state index contributed by atoms with van der Waals surface area (Å²) in [7, 11) is 1.57. The van der Waals surface area contributed by atoms with E-state index in [0.29, 0.717) is 17.8 Å². The summed E-state index contributed by atoms with van der Waals surface area (Å²) in [5, 5.41) is 3.32. The van der Waals surface area contributed by atoms with Crippen LogP contribution in [0.5, 0.6) is 0 Å². The van der Waals surface area contributed by atoms with E-state index >= 15 is 0 Å². The van der Waals surface area contributed by atoms with Crippen molar-refractivity contribution in [3.05, 3.63) is 35.6 Å². The first-order chi connectivity index (χ1) is 9.15. The summed E-state index contributed by atoms with van der Waals surface area (Å²) in [5.74, 6) is -0.485. The van der Waals surface area contributed by atoms with Crippen LogP contribution in [0.1, 0.15) is 22.8 Å². The Labute approximate surface area is 110 Å². The first-order valence-electron chi connectivity index (χ1n) is 6.03. The Bertz CT molecular complexity index is 615. The van der Waals surface area contributed by atoms with Gasteiger partial charge in [-0.05, 0) is 25.1 Å². The number of amides is 1. The monoisotopic (exact) mass is 261 g/mol. The van der Waals surface area contributed by atoms with E-state index in [4.69, 9.17) is 9.15 Å². The molecule has 2 aromatic rings. The summed E-state index contributed by atoms with van der Waals surface area (Å²) in [6.07, 6.45) is 1.66. The first-order valence-corrected chi connectivity index (χ1v) is 6.03. The van der Waals surface area contributed by atoms with Crippen LogP contribution < -0.4 is 5.32 Å². The number of carbonyl (C=O) groups excluding carboxylic acids is 2. The second-order valence-electron chi connectivity index (χ2n) is 4.03. The second-order valence-corrected chi connectivity index (χ2v) is 4.03. The molecular formula is C14H15NO4. The largest absolute Gasteiger partial charge is 0.466 e. The number of hydrogen-bond acceptors (Lipinski definition) is 4. The van der Waals surface area contributed by atoms with E-state index in [2.05, 4.69) is 5.32 Å². The van der Waals surface area contributed by atoms with E-state index in [-0.39, 0.29) is 18.3 Å². The molecule has 2 rings (SSSR count). The Morgan fingerprint density at radius 2 is 2.16 bits per heavy atom. The molecule has 1 heterocycles. The molecule has 1 amide bonds. The molecule has 100 valence electrons. The van der Waals surface area contributed by atoms with Gasteiger partial charge in [-0.3, -0.25) is 9.59 Å². The molecule has 1 aromatic heterocycles. The quantitative estimate of drug-likeness (QED) is 0.853. The lowest BCUT2D eigenvalue weighted by Crippen LogP contribution is -2.17. The molecule has 0 unspecified atom stereocenters. The van der Waals surface area contributed by atoms with Gasteiger partial charge in [0.15, 0.2) is 0 Å². The highest BCUT2D eigenvalue weighted by Gasteiger charge is 2.13. The highest BCUT2D eigenvalue weighted by molar-refractivity contribution is 5.98. The van der Waals surface area contributed by atoms with Crippen LogP contribution in [0.15, 0.2) is 28.9 Å². The molecule has 5 nitrogen and oxygen atoms in total. The lowest BCUT2D eigenvalue weighted by Gasteiger charge is -2.01. The smallest absolute Gasteiger partial charge is 0.310 e. The standard InChI is InChI=1S/C14H15NO4/c1-3-18-13(16)7-10-8-19-12-5-4-9(6-11(10)12)14(17)15-2/h4-6,8H,3,7H2,1-2H3,(H,15,17). The normalized spacial score (nSPS) is 10.4. The van der Waals surface area contributed by atoms with Gasteiger partial charge < -0.3 is 14.5 Å². The third kappa shape index (κ3) is 2.76. The number of fused-ring (bicyclic) bond motifs is 1. The third-order valence-electron chi connectivity index (χ3n) is 2.78. The highest BCUT2D eigenvalue weighted by atomic mass is 16.5. The third-order valence-corrected chi connectivity index (χ3v) is 2.78. The maximum absolute atomic E-state index is 11.6. The number of ether oxygens (including phenoxy) is 1. The fourth-order valence-corrected chi connectivity index (χ4v) is 1.87. The highest BCUT2D eigenvalue weighted by Crippen LogP contribution is 2.23. The average Bonchev–Trinajstić information content (AvgIpc) is 2.80. The van der Waals surface area contributed by atoms with E-state index in [1.165, 1.54) is 6.26 Å². The van der Waals surface area contributed by atoms with Crippen molar-refractivity contribution in [2.24, 2.45) is 0 Å². The minimum atomic E-state index is -0.310. The van der Waals surface area contributed by atoms with Crippen molar-refractivity contribution in [3.8, 4) is 0 Å². The topological polar surface area (TPSA) is 68.5 Å². The van der Waals surface area contributed by atoms with Gasteiger partial charge in [0.25, 0.3) is 5.91 Å². The summed E-state index contributed by atoms with van der Waals surface area (Å²) in [6.45, 7) is 2.10. The second kappa shape index (κ2) is 5.56. The minimum Gasteiger partial charge on any atom is -0.466 e. The Morgan fingerprint density at radius 1 is 1.37 bits per heavy atom. The zero-order valence-corrected chi connectivity index (χ0v) is 10.9. The Hall–Kier alpha value is -2.30. The molecule has 1 aromatic carbocycles. The van der Waals surface area contributed by atoms with Gasteiger partial charge in [0.2, 0.25) is 0 Å². The molecule has 0 aliphatic carbocycles. The Morgan fingerprint density at radius 3 is 2.84 bits per heavy atom. The van der Waals surface area contributed by atoms with Gasteiger partial charge in [-0.2, -0.15) is 0 Å². The van der Waals surface area contributed by atoms with Crippen molar-refractivity contribution in [2.75, 3.05) is 13.7 Å². The minimum absolute atomic E-state index is 0.137. The van der Waals surface area contributed by atoms with Crippen LogP contribution in [0, 0.1) is 0 Å². The SMILES string of the molecule is CCOC(=O)Cc1coc2ccc(C(=O)NC)cc12. The van der Waals surface area contributed by atoms with Crippen LogP contribution in [-0.2, 0) is 16.0 Å². The number of furan rings is 1. The average molecular weight is 261 g/mol. The lowest BCUT2D eigenvalue weighted by atomic mass is 10.1. The van der Waals surface area contributed by atoms with Crippen LogP contribution in [0.25, 0.3) is 11.0 Å². The van der Waals surface area contributed by atoms with Crippen molar-refractivity contribution < 1.29 is 18.7 Å². The predicted octanol–water partition coefficient (Wildman–Crippen LogP) is 1.90. The van der Waals surface area contributed by atoms with Crippen molar-refractivity contribution >= 4 is 22.8 Å². The maximum atomic E-state index is 11.6. The molecular weight excluding hydrogens is 246 g/mol. The molecule has 19 heavy (non-hydrogen) atoms. The molecule has 0 radical (unpaired) electrons. The van der Waals surface area contributed by atoms with E-state index in [0.717, 1.165) is 10.9 Å². The van der Waals surface area contributed by atoms with E-state index in [1.54, 1.807) is 32.2 Å². The van der Waals surface area contributed by atoms with Gasteiger partial charge in [-0.25, -0.2) is 0 Å². The molecule has 0 spiro atoms.